The van der Waals surface area contributed by atoms with E-state index >= 15 is 0 Å². The van der Waals surface area contributed by atoms with E-state index in [1.807, 2.05) is 6.92 Å². The van der Waals surface area contributed by atoms with Crippen molar-refractivity contribution in [3.05, 3.63) is 6.92 Å². The van der Waals surface area contributed by atoms with Crippen molar-refractivity contribution in [2.45, 2.75) is 27.2 Å². The Balaban J connectivity index is 3.07. The molecule has 0 rings (SSSR count). The second-order valence-corrected chi connectivity index (χ2v) is 3.11. The zero-order valence-corrected chi connectivity index (χ0v) is 6.74. The summed E-state index contributed by atoms with van der Waals surface area (Å²) < 4.78 is 5.17. The van der Waals surface area contributed by atoms with Gasteiger partial charge < -0.3 is 4.74 Å². The molecule has 9 heavy (non-hydrogen) atoms. The minimum Gasteiger partial charge on any atom is -0.382 e. The summed E-state index contributed by atoms with van der Waals surface area (Å²) >= 11 is 0. The fourth-order valence-corrected chi connectivity index (χ4v) is 0.493. The van der Waals surface area contributed by atoms with Crippen LogP contribution in [0.1, 0.15) is 27.2 Å². The molecule has 0 aliphatic carbocycles. The molecule has 0 bridgehead atoms. The highest BCUT2D eigenvalue weighted by molar-refractivity contribution is 4.69. The van der Waals surface area contributed by atoms with Crippen LogP contribution in [0, 0.1) is 12.3 Å². The molecular weight excluding hydrogens is 112 g/mol. The normalized spacial score (nSPS) is 12.0. The van der Waals surface area contributed by atoms with Crippen LogP contribution in [0.25, 0.3) is 0 Å². The zero-order valence-electron chi connectivity index (χ0n) is 6.74. The summed E-state index contributed by atoms with van der Waals surface area (Å²) in [7, 11) is 0. The van der Waals surface area contributed by atoms with E-state index in [1.54, 1.807) is 0 Å². The molecular formula is C8H17O. The summed E-state index contributed by atoms with van der Waals surface area (Å²) in [6.45, 7) is 11.9. The van der Waals surface area contributed by atoms with Gasteiger partial charge in [-0.15, -0.1) is 0 Å². The Kier molecular flexibility index (Phi) is 3.87. The molecule has 0 heterocycles. The zero-order chi connectivity index (χ0) is 7.33. The van der Waals surface area contributed by atoms with Crippen LogP contribution in [-0.2, 0) is 4.74 Å². The molecule has 0 aromatic heterocycles. The van der Waals surface area contributed by atoms with Crippen molar-refractivity contribution >= 4 is 0 Å². The summed E-state index contributed by atoms with van der Waals surface area (Å²) in [6, 6.07) is 0. The van der Waals surface area contributed by atoms with Gasteiger partial charge in [-0.05, 0) is 25.7 Å². The van der Waals surface area contributed by atoms with E-state index in [0.29, 0.717) is 0 Å². The maximum atomic E-state index is 5.17. The van der Waals surface area contributed by atoms with E-state index in [2.05, 4.69) is 20.8 Å². The van der Waals surface area contributed by atoms with Crippen molar-refractivity contribution in [2.75, 3.05) is 13.2 Å². The predicted molar refractivity (Wildman–Crippen MR) is 40.2 cm³/mol. The maximum Gasteiger partial charge on any atom is 0.0470 e. The van der Waals surface area contributed by atoms with Crippen LogP contribution in [0.4, 0.5) is 0 Å². The van der Waals surface area contributed by atoms with Gasteiger partial charge >= 0.3 is 0 Å². The molecule has 0 fully saturated rings. The van der Waals surface area contributed by atoms with Crippen LogP contribution in [0.5, 0.6) is 0 Å². The Hall–Kier alpha value is -0.0400. The Labute approximate surface area is 58.4 Å². The maximum absolute atomic E-state index is 5.17. The van der Waals surface area contributed by atoms with Gasteiger partial charge in [-0.1, -0.05) is 13.8 Å². The Morgan fingerprint density at radius 3 is 2.33 bits per heavy atom. The van der Waals surface area contributed by atoms with Gasteiger partial charge in [0.15, 0.2) is 0 Å². The average molecular weight is 129 g/mol. The van der Waals surface area contributed by atoms with Crippen molar-refractivity contribution in [1.82, 2.24) is 0 Å². The molecule has 0 spiro atoms. The molecule has 55 valence electrons. The van der Waals surface area contributed by atoms with E-state index in [1.165, 1.54) is 0 Å². The van der Waals surface area contributed by atoms with Gasteiger partial charge in [0.2, 0.25) is 0 Å². The first-order chi connectivity index (χ1) is 4.06. The molecule has 0 saturated heterocycles. The second-order valence-electron chi connectivity index (χ2n) is 3.11. The van der Waals surface area contributed by atoms with E-state index in [4.69, 9.17) is 4.74 Å². The first-order valence-corrected chi connectivity index (χ1v) is 3.49. The molecule has 1 radical (unpaired) electrons. The van der Waals surface area contributed by atoms with Crippen LogP contribution in [0.2, 0.25) is 0 Å². The third-order valence-electron chi connectivity index (χ3n) is 1.13. The highest BCUT2D eigenvalue weighted by Crippen LogP contribution is 2.16. The highest BCUT2D eigenvalue weighted by Gasteiger charge is 2.08. The SMILES string of the molecule is [CH2]C(C)(C)CCOCC. The number of rotatable bonds is 4. The van der Waals surface area contributed by atoms with Crippen molar-refractivity contribution in [1.29, 1.82) is 0 Å². The molecule has 0 N–H and O–H groups in total. The van der Waals surface area contributed by atoms with Crippen molar-refractivity contribution in [3.8, 4) is 0 Å². The van der Waals surface area contributed by atoms with Gasteiger partial charge in [-0.3, -0.25) is 0 Å². The number of hydrogen-bond acceptors (Lipinski definition) is 1. The monoisotopic (exact) mass is 129 g/mol. The van der Waals surface area contributed by atoms with E-state index in [0.717, 1.165) is 19.6 Å². The van der Waals surface area contributed by atoms with Gasteiger partial charge in [-0.2, -0.15) is 0 Å². The van der Waals surface area contributed by atoms with E-state index in [-0.39, 0.29) is 5.41 Å². The lowest BCUT2D eigenvalue weighted by molar-refractivity contribution is 0.125. The molecule has 0 saturated carbocycles. The molecule has 0 atom stereocenters. The van der Waals surface area contributed by atoms with Crippen LogP contribution >= 0.6 is 0 Å². The van der Waals surface area contributed by atoms with Crippen LogP contribution in [-0.4, -0.2) is 13.2 Å². The molecule has 1 heteroatoms. The largest absolute Gasteiger partial charge is 0.382 e. The first kappa shape index (κ1) is 8.96. The summed E-state index contributed by atoms with van der Waals surface area (Å²) in [5, 5.41) is 0. The van der Waals surface area contributed by atoms with Crippen molar-refractivity contribution in [2.24, 2.45) is 5.41 Å². The highest BCUT2D eigenvalue weighted by atomic mass is 16.5. The molecule has 0 aromatic carbocycles. The lowest BCUT2D eigenvalue weighted by Crippen LogP contribution is -2.09. The van der Waals surface area contributed by atoms with Gasteiger partial charge in [0, 0.05) is 13.2 Å². The fraction of sp³-hybridized carbons (Fsp3) is 0.875. The van der Waals surface area contributed by atoms with Crippen molar-refractivity contribution in [3.63, 3.8) is 0 Å². The standard InChI is InChI=1S/C8H17O/c1-5-9-7-6-8(2,3)4/h2,5-7H2,1,3-4H3. The third kappa shape index (κ3) is 7.96. The lowest BCUT2D eigenvalue weighted by atomic mass is 9.93. The van der Waals surface area contributed by atoms with Gasteiger partial charge in [0.25, 0.3) is 0 Å². The summed E-state index contributed by atoms with van der Waals surface area (Å²) in [5.74, 6) is 0. The third-order valence-corrected chi connectivity index (χ3v) is 1.13. The topological polar surface area (TPSA) is 9.23 Å². The molecule has 0 aromatic rings. The second kappa shape index (κ2) is 3.89. The van der Waals surface area contributed by atoms with Gasteiger partial charge in [-0.25, -0.2) is 0 Å². The molecule has 1 nitrogen and oxygen atoms in total. The quantitative estimate of drug-likeness (QED) is 0.529. The summed E-state index contributed by atoms with van der Waals surface area (Å²) in [4.78, 5) is 0. The first-order valence-electron chi connectivity index (χ1n) is 3.49. The predicted octanol–water partition coefficient (Wildman–Crippen LogP) is 2.27. The summed E-state index contributed by atoms with van der Waals surface area (Å²) in [6.07, 6.45) is 1.04. The van der Waals surface area contributed by atoms with E-state index in [9.17, 15) is 0 Å². The van der Waals surface area contributed by atoms with Gasteiger partial charge in [0.05, 0.1) is 0 Å². The molecule has 0 aliphatic heterocycles. The van der Waals surface area contributed by atoms with Crippen molar-refractivity contribution < 1.29 is 4.74 Å². The molecule has 0 unspecified atom stereocenters. The Bertz CT molecular complexity index is 61.5. The molecule has 0 aliphatic rings. The fourth-order valence-electron chi connectivity index (χ4n) is 0.493. The number of hydrogen-bond donors (Lipinski definition) is 0. The van der Waals surface area contributed by atoms with Crippen LogP contribution in [0.3, 0.4) is 0 Å². The van der Waals surface area contributed by atoms with Gasteiger partial charge in [0.1, 0.15) is 0 Å². The number of ether oxygens (including phenoxy) is 1. The minimum atomic E-state index is 0.176. The Morgan fingerprint density at radius 2 is 2.00 bits per heavy atom. The van der Waals surface area contributed by atoms with Crippen LogP contribution in [0.15, 0.2) is 0 Å². The minimum absolute atomic E-state index is 0.176. The average Bonchev–Trinajstić information content (AvgIpc) is 1.63. The Morgan fingerprint density at radius 1 is 1.44 bits per heavy atom. The smallest absolute Gasteiger partial charge is 0.0470 e. The summed E-state index contributed by atoms with van der Waals surface area (Å²) in [5.41, 5.74) is 0.176. The van der Waals surface area contributed by atoms with E-state index < -0.39 is 0 Å². The van der Waals surface area contributed by atoms with Crippen LogP contribution < -0.4 is 0 Å². The molecule has 0 amide bonds. The lowest BCUT2D eigenvalue weighted by Gasteiger charge is -2.16.